The molecule has 0 spiro atoms. The van der Waals surface area contributed by atoms with Crippen molar-refractivity contribution >= 4 is 35.2 Å². The van der Waals surface area contributed by atoms with Gasteiger partial charge in [-0.2, -0.15) is 0 Å². The number of carbonyl (C=O) groups excluding carboxylic acids is 1. The third-order valence-corrected chi connectivity index (χ3v) is 6.26. The van der Waals surface area contributed by atoms with E-state index in [0.29, 0.717) is 22.6 Å². The number of aryl methyl sites for hydroxylation is 2. The molecule has 1 heterocycles. The Morgan fingerprint density at radius 3 is 2.39 bits per heavy atom. The Morgan fingerprint density at radius 2 is 1.64 bits per heavy atom. The first kappa shape index (κ1) is 23.1. The first-order chi connectivity index (χ1) is 17.3. The fourth-order valence-corrected chi connectivity index (χ4v) is 4.69. The summed E-state index contributed by atoms with van der Waals surface area (Å²) >= 11 is 0. The molecule has 0 radical (unpaired) electrons. The Balaban J connectivity index is 1.52. The van der Waals surface area contributed by atoms with E-state index >= 15 is 0 Å². The van der Waals surface area contributed by atoms with Gasteiger partial charge in [0, 0.05) is 17.5 Å². The highest BCUT2D eigenvalue weighted by Gasteiger charge is 2.37. The molecule has 6 heteroatoms. The first-order valence-corrected chi connectivity index (χ1v) is 11.5. The SMILES string of the molecule is Cc1cc(C)cc(-c2cccc(N=CC3C(=O)N(c4cccc(C(=O)O)c4)c4ccccc43)c2O)c1. The van der Waals surface area contributed by atoms with Crippen LogP contribution < -0.4 is 4.90 Å². The summed E-state index contributed by atoms with van der Waals surface area (Å²) in [5, 5.41) is 20.4. The molecule has 1 atom stereocenters. The minimum absolute atomic E-state index is 0.0449. The molecule has 1 amide bonds. The van der Waals surface area contributed by atoms with Crippen LogP contribution in [0, 0.1) is 13.8 Å². The Hall–Kier alpha value is -4.71. The number of benzene rings is 4. The summed E-state index contributed by atoms with van der Waals surface area (Å²) in [6.07, 6.45) is 1.54. The van der Waals surface area contributed by atoms with Crippen molar-refractivity contribution in [2.75, 3.05) is 4.90 Å². The number of carboxylic acid groups (broad SMARTS) is 1. The smallest absolute Gasteiger partial charge is 0.335 e. The molecule has 0 bridgehead atoms. The fraction of sp³-hybridized carbons (Fsp3) is 0.100. The number of nitrogens with zero attached hydrogens (tertiary/aromatic N) is 2. The highest BCUT2D eigenvalue weighted by molar-refractivity contribution is 6.18. The topological polar surface area (TPSA) is 90.2 Å². The summed E-state index contributed by atoms with van der Waals surface area (Å²) in [5.41, 5.74) is 6.13. The number of carboxylic acids is 1. The van der Waals surface area contributed by atoms with Crippen molar-refractivity contribution in [1.82, 2.24) is 0 Å². The number of amides is 1. The number of para-hydroxylation sites is 2. The number of carbonyl (C=O) groups is 2. The Morgan fingerprint density at radius 1 is 0.917 bits per heavy atom. The third kappa shape index (κ3) is 4.14. The summed E-state index contributed by atoms with van der Waals surface area (Å²) in [5.74, 6) is -1.94. The van der Waals surface area contributed by atoms with Gasteiger partial charge in [0.15, 0.2) is 0 Å². The Labute approximate surface area is 208 Å². The van der Waals surface area contributed by atoms with Gasteiger partial charge in [-0.15, -0.1) is 0 Å². The van der Waals surface area contributed by atoms with Crippen LogP contribution in [0.15, 0.2) is 89.9 Å². The molecule has 4 aromatic carbocycles. The summed E-state index contributed by atoms with van der Waals surface area (Å²) in [6.45, 7) is 4.02. The van der Waals surface area contributed by atoms with E-state index < -0.39 is 11.9 Å². The number of rotatable bonds is 5. The third-order valence-electron chi connectivity index (χ3n) is 6.26. The lowest BCUT2D eigenvalue weighted by Crippen LogP contribution is -2.24. The molecular formula is C30H24N2O4. The van der Waals surface area contributed by atoms with Gasteiger partial charge in [-0.05, 0) is 55.3 Å². The minimum atomic E-state index is -1.06. The van der Waals surface area contributed by atoms with E-state index in [1.165, 1.54) is 17.0 Å². The van der Waals surface area contributed by atoms with E-state index in [2.05, 4.69) is 11.1 Å². The van der Waals surface area contributed by atoms with Crippen LogP contribution in [0.3, 0.4) is 0 Å². The number of fused-ring (bicyclic) bond motifs is 1. The van der Waals surface area contributed by atoms with Gasteiger partial charge in [0.1, 0.15) is 17.4 Å². The second-order valence-corrected chi connectivity index (χ2v) is 8.89. The van der Waals surface area contributed by atoms with Gasteiger partial charge in [-0.3, -0.25) is 14.7 Å². The van der Waals surface area contributed by atoms with Gasteiger partial charge in [0.05, 0.1) is 11.3 Å². The van der Waals surface area contributed by atoms with Crippen molar-refractivity contribution in [2.24, 2.45) is 4.99 Å². The predicted octanol–water partition coefficient (Wildman–Crippen LogP) is 6.54. The summed E-state index contributed by atoms with van der Waals surface area (Å²) in [6, 6.07) is 25.1. The van der Waals surface area contributed by atoms with E-state index in [1.807, 2.05) is 62.4 Å². The predicted molar refractivity (Wildman–Crippen MR) is 141 cm³/mol. The molecule has 4 aromatic rings. The number of aromatic carboxylic acids is 1. The number of phenolic OH excluding ortho intramolecular Hbond substituents is 1. The second-order valence-electron chi connectivity index (χ2n) is 8.89. The molecule has 1 aliphatic heterocycles. The van der Waals surface area contributed by atoms with E-state index in [0.717, 1.165) is 22.3 Å². The van der Waals surface area contributed by atoms with E-state index in [1.54, 1.807) is 24.4 Å². The number of aromatic hydroxyl groups is 1. The fourth-order valence-electron chi connectivity index (χ4n) is 4.69. The molecule has 1 aliphatic rings. The lowest BCUT2D eigenvalue weighted by Gasteiger charge is -2.18. The molecule has 6 nitrogen and oxygen atoms in total. The van der Waals surface area contributed by atoms with Crippen molar-refractivity contribution in [3.05, 3.63) is 107 Å². The van der Waals surface area contributed by atoms with Gasteiger partial charge in [0.2, 0.25) is 5.91 Å². The summed E-state index contributed by atoms with van der Waals surface area (Å²) in [7, 11) is 0. The average molecular weight is 477 g/mol. The van der Waals surface area contributed by atoms with E-state index in [4.69, 9.17) is 0 Å². The maximum absolute atomic E-state index is 13.5. The largest absolute Gasteiger partial charge is 0.505 e. The van der Waals surface area contributed by atoms with Crippen molar-refractivity contribution < 1.29 is 19.8 Å². The normalized spacial score (nSPS) is 14.9. The highest BCUT2D eigenvalue weighted by Crippen LogP contribution is 2.42. The maximum Gasteiger partial charge on any atom is 0.335 e. The molecule has 5 rings (SSSR count). The van der Waals surface area contributed by atoms with E-state index in [-0.39, 0.29) is 17.2 Å². The van der Waals surface area contributed by atoms with Gasteiger partial charge in [-0.25, -0.2) is 4.79 Å². The average Bonchev–Trinajstić information content (AvgIpc) is 3.14. The van der Waals surface area contributed by atoms with Crippen molar-refractivity contribution in [1.29, 1.82) is 0 Å². The van der Waals surface area contributed by atoms with Gasteiger partial charge in [0.25, 0.3) is 0 Å². The monoisotopic (exact) mass is 476 g/mol. The van der Waals surface area contributed by atoms with Crippen molar-refractivity contribution in [3.8, 4) is 16.9 Å². The van der Waals surface area contributed by atoms with Crippen molar-refractivity contribution in [2.45, 2.75) is 19.8 Å². The molecule has 0 saturated heterocycles. The molecule has 0 saturated carbocycles. The lowest BCUT2D eigenvalue weighted by molar-refractivity contribution is -0.117. The van der Waals surface area contributed by atoms with Crippen LogP contribution in [-0.4, -0.2) is 28.3 Å². The van der Waals surface area contributed by atoms with Crippen LogP contribution in [0.4, 0.5) is 17.1 Å². The number of anilines is 2. The molecule has 0 aliphatic carbocycles. The summed E-state index contributed by atoms with van der Waals surface area (Å²) < 4.78 is 0. The number of hydrogen-bond acceptors (Lipinski definition) is 4. The zero-order valence-corrected chi connectivity index (χ0v) is 19.8. The maximum atomic E-state index is 13.5. The standard InChI is InChI=1S/C30H24N2O4/c1-18-13-19(2)15-21(14-18)23-10-6-11-26(28(23)33)31-17-25-24-9-3-4-12-27(24)32(29(25)34)22-8-5-7-20(16-22)30(35)36/h3-17,25,33H,1-2H3,(H,35,36). The van der Waals surface area contributed by atoms with Crippen molar-refractivity contribution in [3.63, 3.8) is 0 Å². The number of hydrogen-bond donors (Lipinski definition) is 2. The Kier molecular flexibility index (Phi) is 5.86. The quantitative estimate of drug-likeness (QED) is 0.320. The molecule has 0 fully saturated rings. The Bertz CT molecular complexity index is 1520. The van der Waals surface area contributed by atoms with Gasteiger partial charge < -0.3 is 10.2 Å². The first-order valence-electron chi connectivity index (χ1n) is 11.5. The minimum Gasteiger partial charge on any atom is -0.505 e. The second kappa shape index (κ2) is 9.15. The van der Waals surface area contributed by atoms with Crippen LogP contribution in [0.1, 0.15) is 33.0 Å². The van der Waals surface area contributed by atoms with Crippen LogP contribution in [0.5, 0.6) is 5.75 Å². The highest BCUT2D eigenvalue weighted by atomic mass is 16.4. The van der Waals surface area contributed by atoms with Crippen LogP contribution in [-0.2, 0) is 4.79 Å². The molecule has 36 heavy (non-hydrogen) atoms. The molecule has 0 aromatic heterocycles. The number of phenols is 1. The number of aliphatic imine (C=N–C) groups is 1. The molecule has 178 valence electrons. The lowest BCUT2D eigenvalue weighted by atomic mass is 9.99. The van der Waals surface area contributed by atoms with E-state index in [9.17, 15) is 19.8 Å². The van der Waals surface area contributed by atoms with Crippen LogP contribution in [0.2, 0.25) is 0 Å². The summed E-state index contributed by atoms with van der Waals surface area (Å²) in [4.78, 5) is 31.1. The van der Waals surface area contributed by atoms with Gasteiger partial charge in [-0.1, -0.05) is 65.7 Å². The molecular weight excluding hydrogens is 452 g/mol. The zero-order valence-electron chi connectivity index (χ0n) is 19.8. The molecule has 1 unspecified atom stereocenters. The van der Waals surface area contributed by atoms with Crippen LogP contribution in [0.25, 0.3) is 11.1 Å². The molecule has 2 N–H and O–H groups in total. The van der Waals surface area contributed by atoms with Gasteiger partial charge >= 0.3 is 5.97 Å². The zero-order chi connectivity index (χ0) is 25.4. The van der Waals surface area contributed by atoms with Crippen LogP contribution >= 0.6 is 0 Å².